The van der Waals surface area contributed by atoms with Gasteiger partial charge in [0.05, 0.1) is 11.9 Å². The van der Waals surface area contributed by atoms with Crippen LogP contribution in [0.2, 0.25) is 0 Å². The number of rotatable bonds is 4. The van der Waals surface area contributed by atoms with Crippen molar-refractivity contribution in [2.45, 2.75) is 0 Å². The second-order valence-electron chi connectivity index (χ2n) is 5.40. The number of hydrazone groups is 1. The van der Waals surface area contributed by atoms with E-state index >= 15 is 0 Å². The summed E-state index contributed by atoms with van der Waals surface area (Å²) in [6, 6.07) is 9.33. The molecule has 2 aromatic carbocycles. The third kappa shape index (κ3) is 3.36. The van der Waals surface area contributed by atoms with E-state index < -0.39 is 23.2 Å². The number of phenolic OH excluding ortho intramolecular Hbond substituents is 3. The van der Waals surface area contributed by atoms with E-state index in [0.29, 0.717) is 11.4 Å². The Labute approximate surface area is 147 Å². The van der Waals surface area contributed by atoms with E-state index in [2.05, 4.69) is 10.5 Å². The van der Waals surface area contributed by atoms with Gasteiger partial charge < -0.3 is 20.1 Å². The Hall–Kier alpha value is -3.75. The number of carbonyl (C=O) groups excluding carboxylic acids is 2. The molecule has 0 saturated carbocycles. The fourth-order valence-electron chi connectivity index (χ4n) is 2.37. The summed E-state index contributed by atoms with van der Waals surface area (Å²) >= 11 is 0. The highest BCUT2D eigenvalue weighted by Crippen LogP contribution is 2.36. The average Bonchev–Trinajstić information content (AvgIpc) is 2.64. The summed E-state index contributed by atoms with van der Waals surface area (Å²) in [5.74, 6) is -2.14. The first kappa shape index (κ1) is 17.1. The Morgan fingerprint density at radius 3 is 2.77 bits per heavy atom. The number of para-hydroxylation sites is 2. The zero-order valence-corrected chi connectivity index (χ0v) is 13.4. The van der Waals surface area contributed by atoms with Crippen LogP contribution in [-0.4, -0.2) is 46.5 Å². The van der Waals surface area contributed by atoms with Crippen LogP contribution in [0.4, 0.5) is 5.69 Å². The van der Waals surface area contributed by atoms with E-state index in [1.807, 2.05) is 0 Å². The maximum atomic E-state index is 12.1. The second-order valence-corrected chi connectivity index (χ2v) is 5.40. The Morgan fingerprint density at radius 1 is 1.19 bits per heavy atom. The number of nitrogens with zero attached hydrogens (tertiary/aromatic N) is 2. The minimum Gasteiger partial charge on any atom is -0.504 e. The topological polar surface area (TPSA) is 132 Å². The lowest BCUT2D eigenvalue weighted by atomic mass is 10.2. The Bertz CT molecular complexity index is 896. The van der Waals surface area contributed by atoms with Gasteiger partial charge in [0.2, 0.25) is 5.75 Å². The number of carbonyl (C=O) groups is 2. The van der Waals surface area contributed by atoms with Gasteiger partial charge >= 0.3 is 0 Å². The lowest BCUT2D eigenvalue weighted by Gasteiger charge is -2.28. The SMILES string of the molecule is O=C(CN1C(=O)COc2ccccc21)N/N=C/c1ccc(O)c(O)c1O. The number of phenols is 3. The van der Waals surface area contributed by atoms with Gasteiger partial charge in [-0.15, -0.1) is 0 Å². The Kier molecular flexibility index (Phi) is 4.61. The molecule has 9 nitrogen and oxygen atoms in total. The predicted molar refractivity (Wildman–Crippen MR) is 91.5 cm³/mol. The Morgan fingerprint density at radius 2 is 1.96 bits per heavy atom. The fraction of sp³-hybridized carbons (Fsp3) is 0.118. The molecule has 0 bridgehead atoms. The molecule has 4 N–H and O–H groups in total. The van der Waals surface area contributed by atoms with Crippen LogP contribution >= 0.6 is 0 Å². The molecule has 3 rings (SSSR count). The van der Waals surface area contributed by atoms with Crippen molar-refractivity contribution in [2.75, 3.05) is 18.1 Å². The molecule has 1 aliphatic heterocycles. The number of amides is 2. The summed E-state index contributed by atoms with van der Waals surface area (Å²) in [5, 5.41) is 32.0. The molecule has 0 saturated heterocycles. The van der Waals surface area contributed by atoms with Gasteiger partial charge in [-0.3, -0.25) is 14.5 Å². The van der Waals surface area contributed by atoms with Gasteiger partial charge in [-0.25, -0.2) is 5.43 Å². The zero-order valence-electron chi connectivity index (χ0n) is 13.4. The second kappa shape index (κ2) is 7.01. The normalized spacial score (nSPS) is 13.4. The molecule has 0 aromatic heterocycles. The highest BCUT2D eigenvalue weighted by atomic mass is 16.5. The van der Waals surface area contributed by atoms with Crippen LogP contribution in [0.15, 0.2) is 41.5 Å². The van der Waals surface area contributed by atoms with Crippen LogP contribution in [-0.2, 0) is 9.59 Å². The van der Waals surface area contributed by atoms with E-state index in [1.165, 1.54) is 17.0 Å². The van der Waals surface area contributed by atoms with Crippen LogP contribution in [0.25, 0.3) is 0 Å². The highest BCUT2D eigenvalue weighted by Gasteiger charge is 2.26. The monoisotopic (exact) mass is 357 g/mol. The molecule has 2 aromatic rings. The summed E-state index contributed by atoms with van der Waals surface area (Å²) in [4.78, 5) is 25.3. The number of hydrogen-bond donors (Lipinski definition) is 4. The smallest absolute Gasteiger partial charge is 0.265 e. The van der Waals surface area contributed by atoms with Crippen LogP contribution in [0.1, 0.15) is 5.56 Å². The lowest BCUT2D eigenvalue weighted by molar-refractivity contribution is -0.125. The quantitative estimate of drug-likeness (QED) is 0.361. The van der Waals surface area contributed by atoms with Crippen molar-refractivity contribution in [2.24, 2.45) is 5.10 Å². The van der Waals surface area contributed by atoms with Crippen LogP contribution in [0.5, 0.6) is 23.0 Å². The van der Waals surface area contributed by atoms with E-state index in [4.69, 9.17) is 4.74 Å². The van der Waals surface area contributed by atoms with Crippen molar-refractivity contribution in [3.63, 3.8) is 0 Å². The summed E-state index contributed by atoms with van der Waals surface area (Å²) in [7, 11) is 0. The molecule has 134 valence electrons. The molecular weight excluding hydrogens is 342 g/mol. The van der Waals surface area contributed by atoms with Gasteiger partial charge in [-0.1, -0.05) is 12.1 Å². The van der Waals surface area contributed by atoms with Gasteiger partial charge in [0.25, 0.3) is 11.8 Å². The number of fused-ring (bicyclic) bond motifs is 1. The third-order valence-corrected chi connectivity index (χ3v) is 3.66. The summed E-state index contributed by atoms with van der Waals surface area (Å²) in [6.45, 7) is -0.419. The molecule has 9 heteroatoms. The number of ether oxygens (including phenoxy) is 1. The third-order valence-electron chi connectivity index (χ3n) is 3.66. The predicted octanol–water partition coefficient (Wildman–Crippen LogP) is 0.679. The van der Waals surface area contributed by atoms with Crippen molar-refractivity contribution < 1.29 is 29.6 Å². The maximum absolute atomic E-state index is 12.1. The number of nitrogens with one attached hydrogen (secondary N) is 1. The van der Waals surface area contributed by atoms with E-state index in [9.17, 15) is 24.9 Å². The van der Waals surface area contributed by atoms with Gasteiger partial charge in [0, 0.05) is 5.56 Å². The molecule has 0 atom stereocenters. The van der Waals surface area contributed by atoms with Crippen molar-refractivity contribution >= 4 is 23.7 Å². The molecule has 0 spiro atoms. The molecule has 2 amide bonds. The standard InChI is InChI=1S/C17H15N3O6/c21-12-6-5-10(16(24)17(12)25)7-18-19-14(22)8-20-11-3-1-2-4-13(11)26-9-15(20)23/h1-7,21,24-25H,8-9H2,(H,19,22)/b18-7+. The number of hydrogen-bond acceptors (Lipinski definition) is 7. The molecular formula is C17H15N3O6. The molecule has 1 heterocycles. The number of benzene rings is 2. The molecule has 1 aliphatic rings. The zero-order chi connectivity index (χ0) is 18.7. The summed E-state index contributed by atoms with van der Waals surface area (Å²) in [5.41, 5.74) is 2.81. The van der Waals surface area contributed by atoms with E-state index in [-0.39, 0.29) is 24.6 Å². The molecule has 26 heavy (non-hydrogen) atoms. The van der Waals surface area contributed by atoms with Crippen molar-refractivity contribution in [3.05, 3.63) is 42.0 Å². The minimum atomic E-state index is -0.684. The van der Waals surface area contributed by atoms with Crippen molar-refractivity contribution in [3.8, 4) is 23.0 Å². The Balaban J connectivity index is 1.67. The van der Waals surface area contributed by atoms with Crippen molar-refractivity contribution in [1.29, 1.82) is 0 Å². The van der Waals surface area contributed by atoms with Gasteiger partial charge in [0.1, 0.15) is 12.3 Å². The molecule has 0 fully saturated rings. The van der Waals surface area contributed by atoms with E-state index in [1.54, 1.807) is 24.3 Å². The first-order valence-corrected chi connectivity index (χ1v) is 7.55. The minimum absolute atomic E-state index is 0.0911. The van der Waals surface area contributed by atoms with Crippen LogP contribution in [0.3, 0.4) is 0 Å². The fourth-order valence-corrected chi connectivity index (χ4v) is 2.37. The van der Waals surface area contributed by atoms with Crippen LogP contribution in [0, 0.1) is 0 Å². The molecule has 0 aliphatic carbocycles. The maximum Gasteiger partial charge on any atom is 0.265 e. The van der Waals surface area contributed by atoms with Gasteiger partial charge in [-0.05, 0) is 24.3 Å². The number of aromatic hydroxyl groups is 3. The van der Waals surface area contributed by atoms with Crippen LogP contribution < -0.4 is 15.1 Å². The molecule has 0 radical (unpaired) electrons. The lowest BCUT2D eigenvalue weighted by Crippen LogP contribution is -2.44. The van der Waals surface area contributed by atoms with Gasteiger partial charge in [0.15, 0.2) is 18.1 Å². The largest absolute Gasteiger partial charge is 0.504 e. The first-order chi connectivity index (χ1) is 12.5. The molecule has 0 unspecified atom stereocenters. The highest BCUT2D eigenvalue weighted by molar-refractivity contribution is 6.02. The summed E-state index contributed by atoms with van der Waals surface area (Å²) < 4.78 is 5.30. The first-order valence-electron chi connectivity index (χ1n) is 7.55. The number of anilines is 1. The average molecular weight is 357 g/mol. The van der Waals surface area contributed by atoms with E-state index in [0.717, 1.165) is 6.21 Å². The van der Waals surface area contributed by atoms with Gasteiger partial charge in [-0.2, -0.15) is 5.10 Å². The van der Waals surface area contributed by atoms with Crippen molar-refractivity contribution in [1.82, 2.24) is 5.43 Å². The summed E-state index contributed by atoms with van der Waals surface area (Å²) in [6.07, 6.45) is 1.10.